The van der Waals surface area contributed by atoms with E-state index in [0.29, 0.717) is 30.2 Å². The van der Waals surface area contributed by atoms with E-state index >= 15 is 0 Å². The van der Waals surface area contributed by atoms with Gasteiger partial charge in [-0.1, -0.05) is 6.07 Å². The van der Waals surface area contributed by atoms with E-state index in [0.717, 1.165) is 25.9 Å². The topological polar surface area (TPSA) is 79.3 Å². The van der Waals surface area contributed by atoms with Crippen molar-refractivity contribution in [3.8, 4) is 11.5 Å². The molecule has 1 atom stereocenters. The number of nitrogens with zero attached hydrogens (tertiary/aromatic N) is 2. The quantitative estimate of drug-likeness (QED) is 0.787. The van der Waals surface area contributed by atoms with Crippen LogP contribution in [0.1, 0.15) is 31.4 Å². The second kappa shape index (κ2) is 8.00. The molecule has 1 aromatic carbocycles. The molecule has 1 fully saturated rings. The number of Topliss-reactive ketones (excluding diaryl/α,β-unsaturated/α-hetero) is 1. The minimum Gasteiger partial charge on any atom is -0.503 e. The molecule has 2 aliphatic rings. The van der Waals surface area contributed by atoms with E-state index in [4.69, 9.17) is 9.47 Å². The van der Waals surface area contributed by atoms with E-state index in [9.17, 15) is 14.7 Å². The normalized spacial score (nSPS) is 20.5. The molecule has 1 saturated heterocycles. The number of methoxy groups -OCH3 is 2. The Kier molecular flexibility index (Phi) is 5.70. The molecule has 2 aliphatic heterocycles. The summed E-state index contributed by atoms with van der Waals surface area (Å²) in [6.07, 6.45) is 2.32. The lowest BCUT2D eigenvalue weighted by Gasteiger charge is -2.29. The Bertz CT molecular complexity index is 768. The second-order valence-corrected chi connectivity index (χ2v) is 6.88. The monoisotopic (exact) mass is 374 g/mol. The summed E-state index contributed by atoms with van der Waals surface area (Å²) in [6.45, 7) is 4.56. The number of aliphatic hydroxyl groups is 1. The summed E-state index contributed by atoms with van der Waals surface area (Å²) in [6, 6.07) is 4.66. The fraction of sp³-hybridized carbons (Fsp3) is 0.500. The maximum Gasteiger partial charge on any atom is 0.290 e. The van der Waals surface area contributed by atoms with Gasteiger partial charge in [0.15, 0.2) is 23.0 Å². The lowest BCUT2D eigenvalue weighted by Crippen LogP contribution is -2.37. The second-order valence-electron chi connectivity index (χ2n) is 6.88. The van der Waals surface area contributed by atoms with Crippen LogP contribution in [0.3, 0.4) is 0 Å². The number of likely N-dealkylation sites (tertiary alicyclic amines) is 1. The first-order valence-electron chi connectivity index (χ1n) is 9.17. The number of ketones is 1. The summed E-state index contributed by atoms with van der Waals surface area (Å²) >= 11 is 0. The Balaban J connectivity index is 1.95. The minimum atomic E-state index is -0.627. The molecule has 0 aromatic heterocycles. The molecule has 3 rings (SSSR count). The molecular weight excluding hydrogens is 348 g/mol. The number of hydrogen-bond donors (Lipinski definition) is 1. The van der Waals surface area contributed by atoms with Crippen LogP contribution in [0.2, 0.25) is 0 Å². The van der Waals surface area contributed by atoms with Crippen molar-refractivity contribution < 1.29 is 24.2 Å². The van der Waals surface area contributed by atoms with E-state index < -0.39 is 17.7 Å². The molecule has 1 unspecified atom stereocenters. The average molecular weight is 374 g/mol. The standard InChI is InChI=1S/C20H26N2O5/c1-13(23)17-18(14-6-7-15(26-2)16(12-14)27-3)22(20(25)19(17)24)11-10-21-8-4-5-9-21/h6-7,12,18,24H,4-5,8-11H2,1-3H3. The van der Waals surface area contributed by atoms with Crippen LogP contribution in [0.25, 0.3) is 0 Å². The van der Waals surface area contributed by atoms with Crippen molar-refractivity contribution in [1.29, 1.82) is 0 Å². The number of rotatable bonds is 7. The van der Waals surface area contributed by atoms with Crippen LogP contribution in [0.4, 0.5) is 0 Å². The fourth-order valence-electron chi connectivity index (χ4n) is 3.87. The number of aliphatic hydroxyl groups excluding tert-OH is 1. The first-order chi connectivity index (χ1) is 13.0. The van der Waals surface area contributed by atoms with Crippen LogP contribution in [-0.2, 0) is 9.59 Å². The third kappa shape index (κ3) is 3.64. The summed E-state index contributed by atoms with van der Waals surface area (Å²) in [5.74, 6) is -0.199. The molecule has 146 valence electrons. The van der Waals surface area contributed by atoms with E-state index in [2.05, 4.69) is 4.90 Å². The van der Waals surface area contributed by atoms with Crippen molar-refractivity contribution in [2.24, 2.45) is 0 Å². The molecule has 1 amide bonds. The van der Waals surface area contributed by atoms with Gasteiger partial charge >= 0.3 is 0 Å². The fourth-order valence-corrected chi connectivity index (χ4v) is 3.87. The van der Waals surface area contributed by atoms with Crippen LogP contribution in [-0.4, -0.2) is 67.0 Å². The van der Waals surface area contributed by atoms with Crippen molar-refractivity contribution >= 4 is 11.7 Å². The summed E-state index contributed by atoms with van der Waals surface area (Å²) in [4.78, 5) is 28.8. The molecule has 0 radical (unpaired) electrons. The minimum absolute atomic E-state index is 0.133. The van der Waals surface area contributed by atoms with Crippen LogP contribution < -0.4 is 9.47 Å². The van der Waals surface area contributed by atoms with Crippen LogP contribution in [0.15, 0.2) is 29.5 Å². The zero-order valence-corrected chi connectivity index (χ0v) is 16.0. The molecule has 2 heterocycles. The Labute approximate surface area is 159 Å². The van der Waals surface area contributed by atoms with E-state index in [1.165, 1.54) is 14.0 Å². The van der Waals surface area contributed by atoms with Gasteiger partial charge in [-0.05, 0) is 50.6 Å². The van der Waals surface area contributed by atoms with Crippen LogP contribution >= 0.6 is 0 Å². The number of carbonyl (C=O) groups is 2. The zero-order valence-electron chi connectivity index (χ0n) is 16.0. The third-order valence-corrected chi connectivity index (χ3v) is 5.26. The molecule has 0 saturated carbocycles. The van der Waals surface area contributed by atoms with E-state index in [-0.39, 0.29) is 11.4 Å². The highest BCUT2D eigenvalue weighted by atomic mass is 16.5. The van der Waals surface area contributed by atoms with Crippen molar-refractivity contribution in [2.45, 2.75) is 25.8 Å². The number of ether oxygens (including phenoxy) is 2. The van der Waals surface area contributed by atoms with Gasteiger partial charge in [-0.15, -0.1) is 0 Å². The molecular formula is C20H26N2O5. The van der Waals surface area contributed by atoms with Gasteiger partial charge in [-0.25, -0.2) is 0 Å². The highest BCUT2D eigenvalue weighted by molar-refractivity contribution is 6.08. The molecule has 0 aliphatic carbocycles. The van der Waals surface area contributed by atoms with E-state index in [1.54, 1.807) is 30.2 Å². The molecule has 0 bridgehead atoms. The van der Waals surface area contributed by atoms with Gasteiger partial charge in [-0.3, -0.25) is 9.59 Å². The predicted molar refractivity (Wildman–Crippen MR) is 100 cm³/mol. The van der Waals surface area contributed by atoms with Gasteiger partial charge in [-0.2, -0.15) is 0 Å². The number of benzene rings is 1. The van der Waals surface area contributed by atoms with Gasteiger partial charge in [0, 0.05) is 13.1 Å². The molecule has 27 heavy (non-hydrogen) atoms. The first-order valence-corrected chi connectivity index (χ1v) is 9.17. The largest absolute Gasteiger partial charge is 0.503 e. The molecule has 7 heteroatoms. The maximum atomic E-state index is 12.7. The zero-order chi connectivity index (χ0) is 19.6. The Morgan fingerprint density at radius 3 is 2.41 bits per heavy atom. The van der Waals surface area contributed by atoms with Crippen LogP contribution in [0.5, 0.6) is 11.5 Å². The SMILES string of the molecule is COc1ccc(C2C(C(C)=O)=C(O)C(=O)N2CCN2CCCC2)cc1OC. The molecule has 0 spiro atoms. The van der Waals surface area contributed by atoms with Gasteiger partial charge < -0.3 is 24.4 Å². The third-order valence-electron chi connectivity index (χ3n) is 5.26. The summed E-state index contributed by atoms with van der Waals surface area (Å²) in [7, 11) is 3.08. The van der Waals surface area contributed by atoms with Crippen molar-refractivity contribution in [1.82, 2.24) is 9.80 Å². The summed E-state index contributed by atoms with van der Waals surface area (Å²) in [5.41, 5.74) is 0.838. The highest BCUT2D eigenvalue weighted by Crippen LogP contribution is 2.40. The predicted octanol–water partition coefficient (Wildman–Crippen LogP) is 2.08. The Morgan fingerprint density at radius 2 is 1.81 bits per heavy atom. The lowest BCUT2D eigenvalue weighted by atomic mass is 9.96. The molecule has 7 nitrogen and oxygen atoms in total. The molecule has 1 aromatic rings. The Morgan fingerprint density at radius 1 is 1.15 bits per heavy atom. The smallest absolute Gasteiger partial charge is 0.290 e. The van der Waals surface area contributed by atoms with Crippen LogP contribution in [0, 0.1) is 0 Å². The van der Waals surface area contributed by atoms with Gasteiger partial charge in [0.25, 0.3) is 5.91 Å². The van der Waals surface area contributed by atoms with Gasteiger partial charge in [0.1, 0.15) is 0 Å². The highest BCUT2D eigenvalue weighted by Gasteiger charge is 2.42. The number of hydrogen-bond acceptors (Lipinski definition) is 6. The summed E-state index contributed by atoms with van der Waals surface area (Å²) in [5, 5.41) is 10.3. The number of amides is 1. The number of carbonyl (C=O) groups excluding carboxylic acids is 2. The van der Waals surface area contributed by atoms with Crippen molar-refractivity contribution in [3.63, 3.8) is 0 Å². The van der Waals surface area contributed by atoms with E-state index in [1.807, 2.05) is 0 Å². The maximum absolute atomic E-state index is 12.7. The average Bonchev–Trinajstić information content (AvgIpc) is 3.26. The van der Waals surface area contributed by atoms with Crippen molar-refractivity contribution in [2.75, 3.05) is 40.4 Å². The van der Waals surface area contributed by atoms with Crippen molar-refractivity contribution in [3.05, 3.63) is 35.1 Å². The van der Waals surface area contributed by atoms with Gasteiger partial charge in [0.05, 0.1) is 25.8 Å². The lowest BCUT2D eigenvalue weighted by molar-refractivity contribution is -0.129. The van der Waals surface area contributed by atoms with Gasteiger partial charge in [0.2, 0.25) is 0 Å². The first kappa shape index (κ1) is 19.2. The molecule has 1 N–H and O–H groups in total. The Hall–Kier alpha value is -2.54. The summed E-state index contributed by atoms with van der Waals surface area (Å²) < 4.78 is 10.6.